The number of aryl methyl sites for hydroxylation is 2. The lowest BCUT2D eigenvalue weighted by molar-refractivity contribution is 0.568. The molecule has 0 aromatic carbocycles. The quantitative estimate of drug-likeness (QED) is 0.614. The molecule has 0 saturated carbocycles. The zero-order valence-electron chi connectivity index (χ0n) is 9.29. The highest BCUT2D eigenvalue weighted by Crippen LogP contribution is 2.15. The second-order valence-corrected chi connectivity index (χ2v) is 4.10. The Morgan fingerprint density at radius 1 is 1.47 bits per heavy atom. The van der Waals surface area contributed by atoms with Crippen molar-refractivity contribution in [2.24, 2.45) is 0 Å². The fourth-order valence-corrected chi connectivity index (χ4v) is 1.92. The summed E-state index contributed by atoms with van der Waals surface area (Å²) in [6.07, 6.45) is 6.14. The number of aliphatic hydroxyl groups is 1. The van der Waals surface area contributed by atoms with E-state index in [1.807, 2.05) is 13.0 Å². The molecule has 0 radical (unpaired) electrons. The van der Waals surface area contributed by atoms with Crippen molar-refractivity contribution in [2.75, 3.05) is 0 Å². The first-order valence-corrected chi connectivity index (χ1v) is 5.75. The SMILES string of the molecule is CCCCCc1nccc(C)c1C(O)=S. The average molecular weight is 223 g/mol. The summed E-state index contributed by atoms with van der Waals surface area (Å²) in [4.78, 5) is 4.29. The number of rotatable bonds is 5. The predicted octanol–water partition coefficient (Wildman–Crippen LogP) is 3.36. The van der Waals surface area contributed by atoms with Gasteiger partial charge in [-0.15, -0.1) is 0 Å². The minimum absolute atomic E-state index is 0.0351. The third kappa shape index (κ3) is 3.27. The molecule has 15 heavy (non-hydrogen) atoms. The summed E-state index contributed by atoms with van der Waals surface area (Å²) in [5, 5.41) is 9.40. The van der Waals surface area contributed by atoms with E-state index in [1.54, 1.807) is 6.20 Å². The maximum Gasteiger partial charge on any atom is 0.190 e. The highest BCUT2D eigenvalue weighted by molar-refractivity contribution is 7.80. The lowest BCUT2D eigenvalue weighted by atomic mass is 10.0. The summed E-state index contributed by atoms with van der Waals surface area (Å²) >= 11 is 4.83. The molecule has 0 amide bonds. The molecule has 0 unspecified atom stereocenters. The van der Waals surface area contributed by atoms with E-state index in [2.05, 4.69) is 11.9 Å². The Morgan fingerprint density at radius 3 is 2.80 bits per heavy atom. The molecule has 2 nitrogen and oxygen atoms in total. The zero-order chi connectivity index (χ0) is 11.3. The maximum atomic E-state index is 9.43. The van der Waals surface area contributed by atoms with Crippen molar-refractivity contribution >= 4 is 17.3 Å². The summed E-state index contributed by atoms with van der Waals surface area (Å²) in [5.74, 6) is 0. The number of aliphatic hydroxyl groups excluding tert-OH is 1. The Bertz CT molecular complexity index is 349. The number of unbranched alkanes of at least 4 members (excludes halogenated alkanes) is 2. The summed E-state index contributed by atoms with van der Waals surface area (Å²) in [6, 6.07) is 1.88. The molecule has 1 aromatic heterocycles. The lowest BCUT2D eigenvalue weighted by Crippen LogP contribution is -2.06. The van der Waals surface area contributed by atoms with Crippen LogP contribution >= 0.6 is 12.2 Å². The number of pyridine rings is 1. The molecule has 0 bridgehead atoms. The number of hydrogen-bond donors (Lipinski definition) is 1. The Hall–Kier alpha value is -0.960. The molecule has 1 N–H and O–H groups in total. The summed E-state index contributed by atoms with van der Waals surface area (Å²) in [5.41, 5.74) is 2.68. The summed E-state index contributed by atoms with van der Waals surface area (Å²) in [7, 11) is 0. The first kappa shape index (κ1) is 12.1. The van der Waals surface area contributed by atoms with Gasteiger partial charge in [0.2, 0.25) is 0 Å². The molecule has 1 rings (SSSR count). The van der Waals surface area contributed by atoms with E-state index in [-0.39, 0.29) is 5.05 Å². The normalized spacial score (nSPS) is 10.3. The van der Waals surface area contributed by atoms with Gasteiger partial charge in [-0.3, -0.25) is 4.98 Å². The van der Waals surface area contributed by atoms with Gasteiger partial charge < -0.3 is 5.11 Å². The molecule has 0 atom stereocenters. The average Bonchev–Trinajstić information content (AvgIpc) is 2.17. The zero-order valence-corrected chi connectivity index (χ0v) is 10.1. The molecule has 0 aliphatic rings. The monoisotopic (exact) mass is 223 g/mol. The summed E-state index contributed by atoms with van der Waals surface area (Å²) < 4.78 is 0. The lowest BCUT2D eigenvalue weighted by Gasteiger charge is -2.08. The second-order valence-electron chi connectivity index (χ2n) is 3.71. The number of thiocarbonyl (C=S) groups is 1. The molecule has 1 aromatic rings. The van der Waals surface area contributed by atoms with Crippen LogP contribution in [0.3, 0.4) is 0 Å². The Kier molecular flexibility index (Phi) is 4.69. The molecule has 82 valence electrons. The fraction of sp³-hybridized carbons (Fsp3) is 0.500. The van der Waals surface area contributed by atoms with Crippen LogP contribution in [0, 0.1) is 6.92 Å². The molecule has 1 heterocycles. The van der Waals surface area contributed by atoms with Gasteiger partial charge in [0.05, 0.1) is 11.3 Å². The van der Waals surface area contributed by atoms with Crippen molar-refractivity contribution in [3.05, 3.63) is 29.1 Å². The maximum absolute atomic E-state index is 9.43. The molecule has 0 aliphatic carbocycles. The molecule has 0 aliphatic heterocycles. The highest BCUT2D eigenvalue weighted by Gasteiger charge is 2.10. The van der Waals surface area contributed by atoms with Crippen molar-refractivity contribution in [3.8, 4) is 0 Å². The van der Waals surface area contributed by atoms with Crippen LogP contribution in [0.1, 0.15) is 43.0 Å². The van der Waals surface area contributed by atoms with Gasteiger partial charge in [0, 0.05) is 6.20 Å². The van der Waals surface area contributed by atoms with Gasteiger partial charge >= 0.3 is 0 Å². The van der Waals surface area contributed by atoms with Crippen molar-refractivity contribution in [2.45, 2.75) is 39.5 Å². The first-order chi connectivity index (χ1) is 7.16. The van der Waals surface area contributed by atoms with Crippen LogP contribution in [0.5, 0.6) is 0 Å². The molecule has 0 spiro atoms. The number of hydrogen-bond acceptors (Lipinski definition) is 2. The smallest absolute Gasteiger partial charge is 0.190 e. The first-order valence-electron chi connectivity index (χ1n) is 5.34. The fourth-order valence-electron chi connectivity index (χ4n) is 1.64. The van der Waals surface area contributed by atoms with Crippen LogP contribution in [-0.4, -0.2) is 15.1 Å². The Balaban J connectivity index is 2.86. The highest BCUT2D eigenvalue weighted by atomic mass is 32.1. The Morgan fingerprint density at radius 2 is 2.20 bits per heavy atom. The number of aromatic nitrogens is 1. The van der Waals surface area contributed by atoms with Crippen LogP contribution in [0.4, 0.5) is 0 Å². The van der Waals surface area contributed by atoms with Crippen LogP contribution in [0.2, 0.25) is 0 Å². The van der Waals surface area contributed by atoms with E-state index >= 15 is 0 Å². The molecule has 3 heteroatoms. The molecular formula is C12H17NOS. The molecule has 0 fully saturated rings. The second kappa shape index (κ2) is 5.81. The topological polar surface area (TPSA) is 33.1 Å². The van der Waals surface area contributed by atoms with Crippen molar-refractivity contribution in [3.63, 3.8) is 0 Å². The van der Waals surface area contributed by atoms with E-state index in [0.29, 0.717) is 0 Å². The van der Waals surface area contributed by atoms with Gasteiger partial charge in [-0.25, -0.2) is 0 Å². The van der Waals surface area contributed by atoms with E-state index in [1.165, 1.54) is 12.8 Å². The van der Waals surface area contributed by atoms with Crippen LogP contribution in [0.25, 0.3) is 0 Å². The van der Waals surface area contributed by atoms with E-state index in [0.717, 1.165) is 29.7 Å². The summed E-state index contributed by atoms with van der Waals surface area (Å²) in [6.45, 7) is 4.12. The Labute approximate surface area is 96.4 Å². The van der Waals surface area contributed by atoms with Crippen molar-refractivity contribution in [1.29, 1.82) is 0 Å². The van der Waals surface area contributed by atoms with Crippen molar-refractivity contribution in [1.82, 2.24) is 4.98 Å². The van der Waals surface area contributed by atoms with Gasteiger partial charge in [-0.2, -0.15) is 0 Å². The van der Waals surface area contributed by atoms with E-state index < -0.39 is 0 Å². The van der Waals surface area contributed by atoms with Crippen LogP contribution in [-0.2, 0) is 6.42 Å². The minimum Gasteiger partial charge on any atom is -0.498 e. The third-order valence-corrected chi connectivity index (χ3v) is 2.67. The van der Waals surface area contributed by atoms with Crippen molar-refractivity contribution < 1.29 is 5.11 Å². The van der Waals surface area contributed by atoms with Gasteiger partial charge in [0.1, 0.15) is 0 Å². The van der Waals surface area contributed by atoms with Gasteiger partial charge in [0.15, 0.2) is 5.05 Å². The standard InChI is InChI=1S/C12H17NOS/c1-3-4-5-6-10-11(12(14)15)9(2)7-8-13-10/h7-8H,3-6H2,1-2H3,(H,14,15). The number of nitrogens with zero attached hydrogens (tertiary/aromatic N) is 1. The largest absolute Gasteiger partial charge is 0.498 e. The predicted molar refractivity (Wildman–Crippen MR) is 66.5 cm³/mol. The molecule has 0 saturated heterocycles. The third-order valence-electron chi connectivity index (χ3n) is 2.47. The van der Waals surface area contributed by atoms with Gasteiger partial charge in [-0.05, 0) is 43.6 Å². The minimum atomic E-state index is -0.0351. The van der Waals surface area contributed by atoms with E-state index in [4.69, 9.17) is 12.2 Å². The van der Waals surface area contributed by atoms with Crippen LogP contribution < -0.4 is 0 Å². The van der Waals surface area contributed by atoms with Crippen LogP contribution in [0.15, 0.2) is 12.3 Å². The van der Waals surface area contributed by atoms with E-state index in [9.17, 15) is 5.11 Å². The van der Waals surface area contributed by atoms with Gasteiger partial charge in [-0.1, -0.05) is 19.8 Å². The molecular weight excluding hydrogens is 206 g/mol. The van der Waals surface area contributed by atoms with Gasteiger partial charge in [0.25, 0.3) is 0 Å².